The van der Waals surface area contributed by atoms with Crippen molar-refractivity contribution in [3.05, 3.63) is 35.9 Å². The number of esters is 2. The van der Waals surface area contributed by atoms with Gasteiger partial charge < -0.3 is 9.47 Å². The first kappa shape index (κ1) is 15.0. The van der Waals surface area contributed by atoms with Crippen LogP contribution in [0.25, 0.3) is 0 Å². The highest BCUT2D eigenvalue weighted by Gasteiger charge is 2.42. The van der Waals surface area contributed by atoms with E-state index in [1.54, 1.807) is 18.2 Å². The first-order valence-electron chi connectivity index (χ1n) is 5.24. The highest BCUT2D eigenvalue weighted by molar-refractivity contribution is 5.77. The molecule has 0 aliphatic heterocycles. The number of ether oxygens (including phenoxy) is 2. The fourth-order valence-corrected chi connectivity index (χ4v) is 1.33. The Morgan fingerprint density at radius 2 is 1.79 bits per heavy atom. The van der Waals surface area contributed by atoms with Crippen molar-refractivity contribution in [2.24, 2.45) is 0 Å². The third kappa shape index (κ3) is 4.61. The number of benzene rings is 1. The lowest BCUT2D eigenvalue weighted by Gasteiger charge is -2.18. The molecule has 0 heterocycles. The van der Waals surface area contributed by atoms with Gasteiger partial charge in [0.1, 0.15) is 6.10 Å². The largest absolute Gasteiger partial charge is 0.490 e. The lowest BCUT2D eigenvalue weighted by Crippen LogP contribution is -2.28. The molecule has 7 heteroatoms. The van der Waals surface area contributed by atoms with Crippen molar-refractivity contribution in [1.29, 1.82) is 0 Å². The molecule has 0 amide bonds. The predicted molar refractivity (Wildman–Crippen MR) is 58.0 cm³/mol. The maximum atomic E-state index is 12.2. The maximum Gasteiger partial charge on any atom is 0.490 e. The van der Waals surface area contributed by atoms with Crippen LogP contribution >= 0.6 is 0 Å². The Balaban J connectivity index is 2.88. The van der Waals surface area contributed by atoms with E-state index in [1.165, 1.54) is 12.1 Å². The zero-order valence-electron chi connectivity index (χ0n) is 9.94. The van der Waals surface area contributed by atoms with Crippen molar-refractivity contribution in [2.75, 3.05) is 7.11 Å². The number of methoxy groups -OCH3 is 1. The summed E-state index contributed by atoms with van der Waals surface area (Å²) in [6, 6.07) is 7.67. The first-order chi connectivity index (χ1) is 8.84. The number of rotatable bonds is 4. The van der Waals surface area contributed by atoms with E-state index in [9.17, 15) is 22.8 Å². The number of hydrogen-bond acceptors (Lipinski definition) is 4. The Morgan fingerprint density at radius 1 is 1.21 bits per heavy atom. The lowest BCUT2D eigenvalue weighted by atomic mass is 10.1. The van der Waals surface area contributed by atoms with Crippen molar-refractivity contribution < 1.29 is 32.2 Å². The Morgan fingerprint density at radius 3 is 2.26 bits per heavy atom. The molecule has 1 atom stereocenters. The molecule has 1 rings (SSSR count). The molecule has 0 aliphatic rings. The number of alkyl halides is 3. The minimum absolute atomic E-state index is 0.283. The molecule has 0 aromatic heterocycles. The Bertz CT molecular complexity index is 442. The van der Waals surface area contributed by atoms with Crippen LogP contribution in [0.15, 0.2) is 30.3 Å². The highest BCUT2D eigenvalue weighted by Crippen LogP contribution is 2.26. The van der Waals surface area contributed by atoms with Gasteiger partial charge in [-0.2, -0.15) is 13.2 Å². The molecular formula is C12H11F3O4. The summed E-state index contributed by atoms with van der Waals surface area (Å²) < 4.78 is 45.1. The van der Waals surface area contributed by atoms with Crippen molar-refractivity contribution in [3.63, 3.8) is 0 Å². The van der Waals surface area contributed by atoms with Gasteiger partial charge in [0.2, 0.25) is 0 Å². The van der Waals surface area contributed by atoms with E-state index < -0.39 is 30.6 Å². The van der Waals surface area contributed by atoms with Crippen LogP contribution in [0.2, 0.25) is 0 Å². The molecule has 1 aromatic carbocycles. The van der Waals surface area contributed by atoms with Gasteiger partial charge in [-0.1, -0.05) is 30.3 Å². The van der Waals surface area contributed by atoms with E-state index in [1.807, 2.05) is 0 Å². The fourth-order valence-electron chi connectivity index (χ4n) is 1.33. The van der Waals surface area contributed by atoms with Crippen molar-refractivity contribution in [2.45, 2.75) is 18.7 Å². The Labute approximate surface area is 107 Å². The molecule has 1 aromatic rings. The van der Waals surface area contributed by atoms with E-state index in [-0.39, 0.29) is 5.56 Å². The summed E-state index contributed by atoms with van der Waals surface area (Å²) in [6.07, 6.45) is -6.92. The minimum Gasteiger partial charge on any atom is -0.469 e. The molecule has 0 saturated heterocycles. The summed E-state index contributed by atoms with van der Waals surface area (Å²) in [6.45, 7) is 0. The van der Waals surface area contributed by atoms with Gasteiger partial charge in [-0.25, -0.2) is 4.79 Å². The molecule has 0 bridgehead atoms. The second-order valence-electron chi connectivity index (χ2n) is 3.58. The van der Waals surface area contributed by atoms with Gasteiger partial charge in [0.25, 0.3) is 0 Å². The van der Waals surface area contributed by atoms with Gasteiger partial charge in [-0.15, -0.1) is 0 Å². The van der Waals surface area contributed by atoms with E-state index in [0.717, 1.165) is 7.11 Å². The third-order valence-corrected chi connectivity index (χ3v) is 2.23. The number of carbonyl (C=O) groups is 2. The summed E-state index contributed by atoms with van der Waals surface area (Å²) in [7, 11) is 1.09. The van der Waals surface area contributed by atoms with Gasteiger partial charge in [0.05, 0.1) is 13.5 Å². The fraction of sp³-hybridized carbons (Fsp3) is 0.333. The summed E-state index contributed by atoms with van der Waals surface area (Å²) in [4.78, 5) is 22.0. The van der Waals surface area contributed by atoms with Crippen LogP contribution in [0, 0.1) is 0 Å². The molecule has 1 unspecified atom stereocenters. The lowest BCUT2D eigenvalue weighted by molar-refractivity contribution is -0.206. The van der Waals surface area contributed by atoms with Crippen LogP contribution in [0.1, 0.15) is 18.1 Å². The quantitative estimate of drug-likeness (QED) is 0.792. The van der Waals surface area contributed by atoms with E-state index in [4.69, 9.17) is 0 Å². The monoisotopic (exact) mass is 276 g/mol. The molecule has 0 spiro atoms. The Kier molecular flexibility index (Phi) is 4.91. The van der Waals surface area contributed by atoms with E-state index in [2.05, 4.69) is 9.47 Å². The van der Waals surface area contributed by atoms with Crippen molar-refractivity contribution in [3.8, 4) is 0 Å². The summed E-state index contributed by atoms with van der Waals surface area (Å²) in [5.74, 6) is -3.12. The molecule has 0 N–H and O–H groups in total. The van der Waals surface area contributed by atoms with Gasteiger partial charge in [0, 0.05) is 0 Å². The van der Waals surface area contributed by atoms with E-state index in [0.29, 0.717) is 0 Å². The van der Waals surface area contributed by atoms with Crippen LogP contribution < -0.4 is 0 Å². The smallest absolute Gasteiger partial charge is 0.469 e. The Hall–Kier alpha value is -2.05. The molecule has 19 heavy (non-hydrogen) atoms. The van der Waals surface area contributed by atoms with Crippen LogP contribution in [-0.4, -0.2) is 25.2 Å². The normalized spacial score (nSPS) is 12.6. The summed E-state index contributed by atoms with van der Waals surface area (Å²) in [5, 5.41) is 0. The minimum atomic E-state index is -5.11. The molecular weight excluding hydrogens is 265 g/mol. The van der Waals surface area contributed by atoms with Crippen molar-refractivity contribution >= 4 is 11.9 Å². The van der Waals surface area contributed by atoms with Crippen LogP contribution in [0.4, 0.5) is 13.2 Å². The molecule has 0 radical (unpaired) electrons. The van der Waals surface area contributed by atoms with Crippen LogP contribution in [0.5, 0.6) is 0 Å². The molecule has 104 valence electrons. The molecule has 0 fully saturated rings. The number of hydrogen-bond donors (Lipinski definition) is 0. The van der Waals surface area contributed by atoms with Crippen LogP contribution in [0.3, 0.4) is 0 Å². The number of carbonyl (C=O) groups excluding carboxylic acids is 2. The second-order valence-corrected chi connectivity index (χ2v) is 3.58. The topological polar surface area (TPSA) is 52.6 Å². The highest BCUT2D eigenvalue weighted by atomic mass is 19.4. The van der Waals surface area contributed by atoms with Crippen LogP contribution in [-0.2, 0) is 19.1 Å². The molecule has 4 nitrogen and oxygen atoms in total. The standard InChI is InChI=1S/C12H11F3O4/c1-18-10(16)7-9(8-5-3-2-4-6-8)19-11(17)12(13,14)15/h2-6,9H,7H2,1H3. The van der Waals surface area contributed by atoms with Gasteiger partial charge in [0.15, 0.2) is 0 Å². The van der Waals surface area contributed by atoms with Gasteiger partial charge >= 0.3 is 18.1 Å². The van der Waals surface area contributed by atoms with Crippen molar-refractivity contribution in [1.82, 2.24) is 0 Å². The average molecular weight is 276 g/mol. The molecule has 0 aliphatic carbocycles. The average Bonchev–Trinajstić information content (AvgIpc) is 2.37. The zero-order chi connectivity index (χ0) is 14.5. The SMILES string of the molecule is COC(=O)CC(OC(=O)C(F)(F)F)c1ccccc1. The zero-order valence-corrected chi connectivity index (χ0v) is 9.94. The summed E-state index contributed by atoms with van der Waals surface area (Å²) in [5.41, 5.74) is 0.283. The number of halogens is 3. The second kappa shape index (κ2) is 6.21. The van der Waals surface area contributed by atoms with Gasteiger partial charge in [-0.05, 0) is 5.56 Å². The van der Waals surface area contributed by atoms with E-state index >= 15 is 0 Å². The third-order valence-electron chi connectivity index (χ3n) is 2.23. The molecule has 0 saturated carbocycles. The predicted octanol–water partition coefficient (Wildman–Crippen LogP) is 2.40. The first-order valence-corrected chi connectivity index (χ1v) is 5.24. The summed E-state index contributed by atoms with van der Waals surface area (Å²) >= 11 is 0. The maximum absolute atomic E-state index is 12.2. The van der Waals surface area contributed by atoms with Gasteiger partial charge in [-0.3, -0.25) is 4.79 Å².